The van der Waals surface area contributed by atoms with Crippen LogP contribution in [-0.2, 0) is 27.1 Å². The van der Waals surface area contributed by atoms with Crippen LogP contribution >= 0.6 is 11.8 Å². The molecule has 1 aliphatic heterocycles. The van der Waals surface area contributed by atoms with Gasteiger partial charge in [-0.1, -0.05) is 31.7 Å². The predicted molar refractivity (Wildman–Crippen MR) is 125 cm³/mol. The Morgan fingerprint density at radius 1 is 1.15 bits per heavy atom. The van der Waals surface area contributed by atoms with Gasteiger partial charge >= 0.3 is 0 Å². The van der Waals surface area contributed by atoms with Crippen LogP contribution in [0.4, 0.5) is 13.2 Å². The molecule has 3 aromatic rings. The number of aromatic nitrogens is 2. The topological polar surface area (TPSA) is 64.4 Å². The van der Waals surface area contributed by atoms with E-state index < -0.39 is 27.5 Å². The van der Waals surface area contributed by atoms with Crippen LogP contribution in [0.2, 0.25) is 0 Å². The van der Waals surface area contributed by atoms with Crippen LogP contribution in [0, 0.1) is 17.5 Å². The number of fused-ring (bicyclic) bond motifs is 1. The van der Waals surface area contributed by atoms with Gasteiger partial charge in [0.05, 0.1) is 28.6 Å². The van der Waals surface area contributed by atoms with E-state index >= 15 is 0 Å². The Morgan fingerprint density at radius 3 is 2.59 bits per heavy atom. The first-order valence-corrected chi connectivity index (χ1v) is 13.6. The van der Waals surface area contributed by atoms with E-state index in [0.717, 1.165) is 24.4 Å². The number of imidazole rings is 1. The number of hydrogen-bond donors (Lipinski definition) is 0. The molecule has 0 unspecified atom stereocenters. The van der Waals surface area contributed by atoms with Crippen LogP contribution in [0.3, 0.4) is 0 Å². The minimum atomic E-state index is -3.66. The maximum Gasteiger partial charge on any atom is 0.243 e. The molecule has 0 spiro atoms. The molecule has 11 heteroatoms. The van der Waals surface area contributed by atoms with Gasteiger partial charge in [-0.15, -0.1) is 0 Å². The lowest BCUT2D eigenvalue weighted by Crippen LogP contribution is -2.30. The molecule has 1 aromatic heterocycles. The maximum absolute atomic E-state index is 14.2. The van der Waals surface area contributed by atoms with E-state index in [1.165, 1.54) is 28.2 Å². The van der Waals surface area contributed by atoms with Crippen molar-refractivity contribution in [2.75, 3.05) is 19.7 Å². The molecule has 1 aliphatic rings. The molecule has 0 saturated carbocycles. The van der Waals surface area contributed by atoms with Crippen LogP contribution in [0.25, 0.3) is 11.0 Å². The smallest absolute Gasteiger partial charge is 0.243 e. The van der Waals surface area contributed by atoms with Gasteiger partial charge in [0.15, 0.2) is 22.6 Å². The Labute approximate surface area is 201 Å². The minimum absolute atomic E-state index is 0.0177. The van der Waals surface area contributed by atoms with Gasteiger partial charge in [0.1, 0.15) is 0 Å². The third kappa shape index (κ3) is 4.84. The summed E-state index contributed by atoms with van der Waals surface area (Å²) in [5.74, 6) is -3.93. The summed E-state index contributed by atoms with van der Waals surface area (Å²) in [5.41, 5.74) is 1.23. The van der Waals surface area contributed by atoms with E-state index in [0.29, 0.717) is 36.9 Å². The first kappa shape index (κ1) is 25.0. The Balaban J connectivity index is 1.71. The third-order valence-electron chi connectivity index (χ3n) is 5.91. The van der Waals surface area contributed by atoms with E-state index in [4.69, 9.17) is 4.74 Å². The molecule has 0 amide bonds. The van der Waals surface area contributed by atoms with Crippen molar-refractivity contribution < 1.29 is 26.3 Å². The van der Waals surface area contributed by atoms with Gasteiger partial charge < -0.3 is 9.30 Å². The molecule has 34 heavy (non-hydrogen) atoms. The molecular formula is C23H26F3N3O3S2. The average Bonchev–Trinajstić information content (AvgIpc) is 3.45. The number of nitrogens with zero attached hydrogens (tertiary/aromatic N) is 3. The highest BCUT2D eigenvalue weighted by molar-refractivity contribution is 7.98. The Morgan fingerprint density at radius 2 is 1.91 bits per heavy atom. The van der Waals surface area contributed by atoms with Crippen molar-refractivity contribution in [1.29, 1.82) is 0 Å². The van der Waals surface area contributed by atoms with Crippen LogP contribution < -0.4 is 0 Å². The van der Waals surface area contributed by atoms with Crippen molar-refractivity contribution in [2.24, 2.45) is 0 Å². The lowest BCUT2D eigenvalue weighted by atomic mass is 10.2. The van der Waals surface area contributed by atoms with E-state index in [-0.39, 0.29) is 22.3 Å². The SMILES string of the molecule is CCN(CC)S(=O)(=O)c1ccc2c(c1)nc(SCc1ccc(F)c(F)c1F)n2C[C@@H]1CCCO1. The molecule has 6 nitrogen and oxygen atoms in total. The minimum Gasteiger partial charge on any atom is -0.376 e. The summed E-state index contributed by atoms with van der Waals surface area (Å²) in [6, 6.07) is 6.93. The zero-order valence-electron chi connectivity index (χ0n) is 18.9. The summed E-state index contributed by atoms with van der Waals surface area (Å²) in [7, 11) is -3.66. The number of hydrogen-bond acceptors (Lipinski definition) is 5. The quantitative estimate of drug-likeness (QED) is 0.299. The molecule has 2 aromatic carbocycles. The van der Waals surface area contributed by atoms with Crippen LogP contribution in [0.1, 0.15) is 32.3 Å². The summed E-state index contributed by atoms with van der Waals surface area (Å²) >= 11 is 1.17. The first-order chi connectivity index (χ1) is 16.3. The van der Waals surface area contributed by atoms with Gasteiger partial charge in [-0.3, -0.25) is 0 Å². The molecule has 0 N–H and O–H groups in total. The lowest BCUT2D eigenvalue weighted by Gasteiger charge is -2.18. The highest BCUT2D eigenvalue weighted by atomic mass is 32.2. The number of ether oxygens (including phenoxy) is 1. The Hall–Kier alpha value is -2.08. The second kappa shape index (κ2) is 10.3. The van der Waals surface area contributed by atoms with Crippen molar-refractivity contribution in [3.8, 4) is 0 Å². The van der Waals surface area contributed by atoms with Gasteiger partial charge in [0.25, 0.3) is 0 Å². The molecule has 2 heterocycles. The third-order valence-corrected chi connectivity index (χ3v) is 8.98. The van der Waals surface area contributed by atoms with Gasteiger partial charge in [-0.05, 0) is 37.1 Å². The monoisotopic (exact) mass is 513 g/mol. The first-order valence-electron chi connectivity index (χ1n) is 11.1. The number of halogens is 3. The normalized spacial score (nSPS) is 16.7. The maximum atomic E-state index is 14.2. The van der Waals surface area contributed by atoms with Crippen LogP contribution in [0.15, 0.2) is 40.4 Å². The van der Waals surface area contributed by atoms with Crippen molar-refractivity contribution in [3.05, 3.63) is 53.3 Å². The van der Waals surface area contributed by atoms with E-state index in [9.17, 15) is 21.6 Å². The highest BCUT2D eigenvalue weighted by Crippen LogP contribution is 2.31. The van der Waals surface area contributed by atoms with Crippen molar-refractivity contribution in [1.82, 2.24) is 13.9 Å². The molecule has 0 aliphatic carbocycles. The molecular weight excluding hydrogens is 487 g/mol. The van der Waals surface area contributed by atoms with Crippen LogP contribution in [-0.4, -0.2) is 48.1 Å². The number of benzene rings is 2. The fourth-order valence-corrected chi connectivity index (χ4v) is 6.54. The number of thioether (sulfide) groups is 1. The zero-order chi connectivity index (χ0) is 24.5. The summed E-state index contributed by atoms with van der Waals surface area (Å²) < 4.78 is 76.1. The van der Waals surface area contributed by atoms with Crippen molar-refractivity contribution in [3.63, 3.8) is 0 Å². The largest absolute Gasteiger partial charge is 0.376 e. The van der Waals surface area contributed by atoms with Crippen molar-refractivity contribution >= 4 is 32.8 Å². The van der Waals surface area contributed by atoms with E-state index in [2.05, 4.69) is 4.98 Å². The Kier molecular flexibility index (Phi) is 7.56. The molecule has 1 fully saturated rings. The zero-order valence-corrected chi connectivity index (χ0v) is 20.6. The van der Waals surface area contributed by atoms with E-state index in [1.54, 1.807) is 26.0 Å². The fraction of sp³-hybridized carbons (Fsp3) is 0.435. The second-order valence-electron chi connectivity index (χ2n) is 8.00. The standard InChI is InChI=1S/C23H26F3N3O3S2/c1-3-28(4-2)34(30,31)17-8-10-20-19(12-17)27-23(29(20)13-16-6-5-11-32-16)33-14-15-7-9-18(24)22(26)21(15)25/h7-10,12,16H,3-6,11,13-14H2,1-2H3/t16-/m0/s1. The van der Waals surface area contributed by atoms with Gasteiger partial charge in [0, 0.05) is 31.0 Å². The van der Waals surface area contributed by atoms with Gasteiger partial charge in [0.2, 0.25) is 10.0 Å². The predicted octanol–water partition coefficient (Wildman–Crippen LogP) is 4.96. The number of rotatable bonds is 9. The highest BCUT2D eigenvalue weighted by Gasteiger charge is 2.25. The van der Waals surface area contributed by atoms with Gasteiger partial charge in [-0.2, -0.15) is 4.31 Å². The fourth-order valence-electron chi connectivity index (χ4n) is 4.06. The summed E-state index contributed by atoms with van der Waals surface area (Å²) in [5, 5.41) is 0.520. The molecule has 4 rings (SSSR count). The summed E-state index contributed by atoms with van der Waals surface area (Å²) in [6.45, 7) is 5.44. The van der Waals surface area contributed by atoms with Gasteiger partial charge in [-0.25, -0.2) is 26.6 Å². The summed E-state index contributed by atoms with van der Waals surface area (Å²) in [6.07, 6.45) is 1.82. The van der Waals surface area contributed by atoms with Crippen LogP contribution in [0.5, 0.6) is 0 Å². The molecule has 0 radical (unpaired) electrons. The molecule has 0 bridgehead atoms. The number of sulfonamides is 1. The molecule has 1 atom stereocenters. The van der Waals surface area contributed by atoms with E-state index in [1.807, 2.05) is 4.57 Å². The Bertz CT molecular complexity index is 1290. The second-order valence-corrected chi connectivity index (χ2v) is 10.9. The average molecular weight is 514 g/mol. The molecule has 184 valence electrons. The van der Waals surface area contributed by atoms with Crippen molar-refractivity contribution in [2.45, 2.75) is 55.1 Å². The molecule has 1 saturated heterocycles. The lowest BCUT2D eigenvalue weighted by molar-refractivity contribution is 0.0960. The summed E-state index contributed by atoms with van der Waals surface area (Å²) in [4.78, 5) is 4.77.